The summed E-state index contributed by atoms with van der Waals surface area (Å²) < 4.78 is 53.7. The molecule has 1 aromatic carbocycles. The second kappa shape index (κ2) is 3.24. The zero-order chi connectivity index (χ0) is 10.1. The molecule has 0 spiro atoms. The van der Waals surface area contributed by atoms with E-state index in [0.29, 0.717) is 0 Å². The third-order valence-electron chi connectivity index (χ3n) is 1.48. The molecule has 0 saturated carbocycles. The van der Waals surface area contributed by atoms with Crippen LogP contribution in [0.15, 0.2) is 18.2 Å². The Morgan fingerprint density at radius 3 is 2.23 bits per heavy atom. The standard InChI is InChI=1S/C8H6F4O/c1-13-6-4-2-3-5(9)7(6)8(10,11)12/h2-4H,1H3. The van der Waals surface area contributed by atoms with Gasteiger partial charge in [0.25, 0.3) is 0 Å². The molecule has 0 bridgehead atoms. The van der Waals surface area contributed by atoms with Crippen molar-refractivity contribution in [3.63, 3.8) is 0 Å². The molecule has 1 nitrogen and oxygen atoms in total. The fraction of sp³-hybridized carbons (Fsp3) is 0.250. The van der Waals surface area contributed by atoms with Crippen LogP contribution in [0.5, 0.6) is 5.75 Å². The summed E-state index contributed by atoms with van der Waals surface area (Å²) >= 11 is 0. The zero-order valence-electron chi connectivity index (χ0n) is 6.65. The first-order valence-corrected chi connectivity index (χ1v) is 3.36. The Morgan fingerprint density at radius 1 is 1.23 bits per heavy atom. The van der Waals surface area contributed by atoms with E-state index in [9.17, 15) is 17.6 Å². The minimum atomic E-state index is -4.73. The van der Waals surface area contributed by atoms with E-state index in [1.807, 2.05) is 0 Å². The van der Waals surface area contributed by atoms with Gasteiger partial charge in [-0.25, -0.2) is 4.39 Å². The lowest BCUT2D eigenvalue weighted by Gasteiger charge is -2.11. The Morgan fingerprint density at radius 2 is 1.85 bits per heavy atom. The fourth-order valence-corrected chi connectivity index (χ4v) is 0.950. The van der Waals surface area contributed by atoms with Crippen molar-refractivity contribution in [3.8, 4) is 5.75 Å². The van der Waals surface area contributed by atoms with Gasteiger partial charge in [-0.1, -0.05) is 6.07 Å². The highest BCUT2D eigenvalue weighted by atomic mass is 19.4. The number of rotatable bonds is 1. The van der Waals surface area contributed by atoms with Crippen molar-refractivity contribution < 1.29 is 22.3 Å². The van der Waals surface area contributed by atoms with Crippen LogP contribution in [0, 0.1) is 5.82 Å². The predicted molar refractivity (Wildman–Crippen MR) is 38.0 cm³/mol. The lowest BCUT2D eigenvalue weighted by Crippen LogP contribution is -2.10. The predicted octanol–water partition coefficient (Wildman–Crippen LogP) is 2.85. The largest absolute Gasteiger partial charge is 0.496 e. The molecule has 72 valence electrons. The minimum absolute atomic E-state index is 0.507. The Bertz CT molecular complexity index is 306. The number of hydrogen-bond donors (Lipinski definition) is 0. The molecule has 0 amide bonds. The lowest BCUT2D eigenvalue weighted by atomic mass is 10.2. The molecule has 0 radical (unpaired) electrons. The normalized spacial score (nSPS) is 11.5. The number of halogens is 4. The molecule has 0 aliphatic rings. The van der Waals surface area contributed by atoms with Gasteiger partial charge in [0.2, 0.25) is 0 Å². The molecule has 0 N–H and O–H groups in total. The Labute approximate surface area is 71.9 Å². The topological polar surface area (TPSA) is 9.23 Å². The van der Waals surface area contributed by atoms with Crippen molar-refractivity contribution in [3.05, 3.63) is 29.6 Å². The molecular weight excluding hydrogens is 188 g/mol. The van der Waals surface area contributed by atoms with Gasteiger partial charge in [-0.05, 0) is 12.1 Å². The molecule has 1 rings (SSSR count). The molecule has 0 fully saturated rings. The quantitative estimate of drug-likeness (QED) is 0.624. The van der Waals surface area contributed by atoms with Crippen molar-refractivity contribution in [2.45, 2.75) is 6.18 Å². The summed E-state index contributed by atoms with van der Waals surface area (Å²) in [6.07, 6.45) is -4.73. The van der Waals surface area contributed by atoms with Gasteiger partial charge in [0.15, 0.2) is 0 Å². The molecule has 0 aliphatic heterocycles. The van der Waals surface area contributed by atoms with E-state index >= 15 is 0 Å². The molecule has 0 aromatic heterocycles. The molecule has 0 atom stereocenters. The summed E-state index contributed by atoms with van der Waals surface area (Å²) in [5, 5.41) is 0. The maximum Gasteiger partial charge on any atom is 0.422 e. The Kier molecular flexibility index (Phi) is 2.45. The smallest absolute Gasteiger partial charge is 0.422 e. The van der Waals surface area contributed by atoms with Crippen LogP contribution >= 0.6 is 0 Å². The third-order valence-corrected chi connectivity index (χ3v) is 1.48. The highest BCUT2D eigenvalue weighted by molar-refractivity contribution is 5.36. The van der Waals surface area contributed by atoms with Crippen LogP contribution in [0.2, 0.25) is 0 Å². The first-order chi connectivity index (χ1) is 5.96. The second-order valence-corrected chi connectivity index (χ2v) is 2.31. The zero-order valence-corrected chi connectivity index (χ0v) is 6.65. The van der Waals surface area contributed by atoms with Gasteiger partial charge in [-0.3, -0.25) is 0 Å². The Hall–Kier alpha value is -1.26. The molecule has 0 heterocycles. The number of ether oxygens (including phenoxy) is 1. The molecule has 5 heteroatoms. The summed E-state index contributed by atoms with van der Waals surface area (Å²) in [5.74, 6) is -1.83. The van der Waals surface area contributed by atoms with Crippen LogP contribution in [-0.2, 0) is 6.18 Å². The molecule has 0 saturated heterocycles. The van der Waals surface area contributed by atoms with E-state index < -0.39 is 23.3 Å². The van der Waals surface area contributed by atoms with Crippen LogP contribution in [0.3, 0.4) is 0 Å². The molecule has 0 aliphatic carbocycles. The van der Waals surface area contributed by atoms with Gasteiger partial charge in [0, 0.05) is 0 Å². The molecular formula is C8H6F4O. The average Bonchev–Trinajstić information content (AvgIpc) is 2.01. The number of alkyl halides is 3. The second-order valence-electron chi connectivity index (χ2n) is 2.31. The van der Waals surface area contributed by atoms with E-state index in [0.717, 1.165) is 25.3 Å². The van der Waals surface area contributed by atoms with E-state index in [-0.39, 0.29) is 0 Å². The molecule has 0 unspecified atom stereocenters. The van der Waals surface area contributed by atoms with Crippen molar-refractivity contribution in [1.82, 2.24) is 0 Å². The maximum absolute atomic E-state index is 12.7. The summed E-state index contributed by atoms with van der Waals surface area (Å²) in [6.45, 7) is 0. The van der Waals surface area contributed by atoms with Crippen LogP contribution in [0.4, 0.5) is 17.6 Å². The highest BCUT2D eigenvalue weighted by Crippen LogP contribution is 2.37. The fourth-order valence-electron chi connectivity index (χ4n) is 0.950. The van der Waals surface area contributed by atoms with E-state index in [4.69, 9.17) is 0 Å². The van der Waals surface area contributed by atoms with Gasteiger partial charge in [0.1, 0.15) is 17.1 Å². The average molecular weight is 194 g/mol. The minimum Gasteiger partial charge on any atom is -0.496 e. The van der Waals surface area contributed by atoms with Gasteiger partial charge in [0.05, 0.1) is 7.11 Å². The maximum atomic E-state index is 12.7. The summed E-state index contributed by atoms with van der Waals surface area (Å²) in [6, 6.07) is 2.96. The van der Waals surface area contributed by atoms with Crippen molar-refractivity contribution >= 4 is 0 Å². The van der Waals surface area contributed by atoms with Crippen LogP contribution in [-0.4, -0.2) is 7.11 Å². The summed E-state index contributed by atoms with van der Waals surface area (Å²) in [4.78, 5) is 0. The lowest BCUT2D eigenvalue weighted by molar-refractivity contribution is -0.141. The Balaban J connectivity index is 3.32. The number of methoxy groups -OCH3 is 1. The van der Waals surface area contributed by atoms with Crippen molar-refractivity contribution in [1.29, 1.82) is 0 Å². The van der Waals surface area contributed by atoms with Crippen molar-refractivity contribution in [2.24, 2.45) is 0 Å². The first kappa shape index (κ1) is 9.83. The monoisotopic (exact) mass is 194 g/mol. The third kappa shape index (κ3) is 1.91. The summed E-state index contributed by atoms with van der Waals surface area (Å²) in [7, 11) is 1.06. The van der Waals surface area contributed by atoms with Gasteiger partial charge >= 0.3 is 6.18 Å². The van der Waals surface area contributed by atoms with Gasteiger partial charge in [-0.2, -0.15) is 13.2 Å². The number of hydrogen-bond acceptors (Lipinski definition) is 1. The SMILES string of the molecule is COc1cccc(F)c1C(F)(F)F. The van der Waals surface area contributed by atoms with E-state index in [1.54, 1.807) is 0 Å². The summed E-state index contributed by atoms with van der Waals surface area (Å²) in [5.41, 5.74) is -1.36. The van der Waals surface area contributed by atoms with Gasteiger partial charge in [-0.15, -0.1) is 0 Å². The van der Waals surface area contributed by atoms with Crippen LogP contribution in [0.25, 0.3) is 0 Å². The van der Waals surface area contributed by atoms with Gasteiger partial charge < -0.3 is 4.74 Å². The van der Waals surface area contributed by atoms with Crippen LogP contribution < -0.4 is 4.74 Å². The highest BCUT2D eigenvalue weighted by Gasteiger charge is 2.37. The van der Waals surface area contributed by atoms with E-state index in [1.165, 1.54) is 0 Å². The van der Waals surface area contributed by atoms with Crippen molar-refractivity contribution in [2.75, 3.05) is 7.11 Å². The van der Waals surface area contributed by atoms with E-state index in [2.05, 4.69) is 4.74 Å². The first-order valence-electron chi connectivity index (χ1n) is 3.36. The number of benzene rings is 1. The molecule has 1 aromatic rings. The van der Waals surface area contributed by atoms with Crippen LogP contribution in [0.1, 0.15) is 5.56 Å². The molecule has 13 heavy (non-hydrogen) atoms.